The fourth-order valence-corrected chi connectivity index (χ4v) is 2.36. The summed E-state index contributed by atoms with van der Waals surface area (Å²) in [6, 6.07) is 7.85. The monoisotopic (exact) mass is 315 g/mol. The van der Waals surface area contributed by atoms with Crippen LogP contribution in [0.2, 0.25) is 0 Å². The van der Waals surface area contributed by atoms with Crippen LogP contribution in [0.4, 0.5) is 13.2 Å². The zero-order chi connectivity index (χ0) is 15.3. The molecule has 0 spiro atoms. The highest BCUT2D eigenvalue weighted by Gasteiger charge is 2.27. The normalized spacial score (nSPS) is 13.3. The standard InChI is InChI=1S/C14H16F3N3S/c1-11(19-7-9-21-14(15,16)17)12-2-4-13(5-3-12)20-8-6-18-10-20/h2-6,8,10-11,19H,7,9H2,1H3. The Balaban J connectivity index is 1.84. The summed E-state index contributed by atoms with van der Waals surface area (Å²) < 4.78 is 37.9. The summed E-state index contributed by atoms with van der Waals surface area (Å²) >= 11 is -0.00132. The third-order valence-electron chi connectivity index (χ3n) is 3.01. The van der Waals surface area contributed by atoms with Crippen LogP contribution in [0.3, 0.4) is 0 Å². The number of hydrogen-bond acceptors (Lipinski definition) is 3. The first-order valence-corrected chi connectivity index (χ1v) is 7.46. The average Bonchev–Trinajstić information content (AvgIpc) is 2.96. The van der Waals surface area contributed by atoms with Gasteiger partial charge in [0, 0.05) is 36.4 Å². The van der Waals surface area contributed by atoms with Crippen molar-refractivity contribution in [2.75, 3.05) is 12.3 Å². The van der Waals surface area contributed by atoms with E-state index in [-0.39, 0.29) is 23.6 Å². The van der Waals surface area contributed by atoms with Crippen LogP contribution < -0.4 is 5.32 Å². The van der Waals surface area contributed by atoms with Gasteiger partial charge >= 0.3 is 5.51 Å². The Hall–Kier alpha value is -1.47. The average molecular weight is 315 g/mol. The van der Waals surface area contributed by atoms with Crippen LogP contribution in [0, 0.1) is 0 Å². The van der Waals surface area contributed by atoms with Crippen LogP contribution in [0.5, 0.6) is 0 Å². The lowest BCUT2D eigenvalue weighted by Gasteiger charge is -2.15. The van der Waals surface area contributed by atoms with Crippen molar-refractivity contribution in [3.05, 3.63) is 48.5 Å². The molecular formula is C14H16F3N3S. The van der Waals surface area contributed by atoms with Gasteiger partial charge in [-0.25, -0.2) is 4.98 Å². The van der Waals surface area contributed by atoms with Crippen LogP contribution in [0.1, 0.15) is 18.5 Å². The van der Waals surface area contributed by atoms with Gasteiger partial charge in [-0.3, -0.25) is 0 Å². The first-order valence-electron chi connectivity index (χ1n) is 6.48. The van der Waals surface area contributed by atoms with Crippen molar-refractivity contribution >= 4 is 11.8 Å². The molecule has 1 atom stereocenters. The van der Waals surface area contributed by atoms with Gasteiger partial charge in [0.15, 0.2) is 0 Å². The zero-order valence-electron chi connectivity index (χ0n) is 11.5. The van der Waals surface area contributed by atoms with Gasteiger partial charge in [-0.15, -0.1) is 0 Å². The first kappa shape index (κ1) is 15.9. The molecule has 1 aromatic heterocycles. The lowest BCUT2D eigenvalue weighted by Crippen LogP contribution is -2.22. The Bertz CT molecular complexity index is 538. The number of thioether (sulfide) groups is 1. The molecule has 21 heavy (non-hydrogen) atoms. The first-order chi connectivity index (χ1) is 9.96. The maximum absolute atomic E-state index is 12.0. The molecule has 2 rings (SSSR count). The van der Waals surface area contributed by atoms with Gasteiger partial charge in [-0.1, -0.05) is 12.1 Å². The van der Waals surface area contributed by atoms with Crippen LogP contribution in [-0.4, -0.2) is 27.4 Å². The molecule has 0 fully saturated rings. The minimum Gasteiger partial charge on any atom is -0.309 e. The van der Waals surface area contributed by atoms with Crippen molar-refractivity contribution in [2.24, 2.45) is 0 Å². The van der Waals surface area contributed by atoms with Crippen molar-refractivity contribution < 1.29 is 13.2 Å². The summed E-state index contributed by atoms with van der Waals surface area (Å²) in [5.41, 5.74) is -2.12. The van der Waals surface area contributed by atoms with E-state index in [2.05, 4.69) is 10.3 Å². The molecule has 1 heterocycles. The molecule has 0 bridgehead atoms. The molecule has 2 aromatic rings. The largest absolute Gasteiger partial charge is 0.441 e. The highest BCUT2D eigenvalue weighted by molar-refractivity contribution is 8.00. The van der Waals surface area contributed by atoms with E-state index in [1.165, 1.54) is 0 Å². The number of halogens is 3. The van der Waals surface area contributed by atoms with Crippen LogP contribution in [-0.2, 0) is 0 Å². The van der Waals surface area contributed by atoms with Crippen molar-refractivity contribution in [2.45, 2.75) is 18.5 Å². The topological polar surface area (TPSA) is 29.9 Å². The number of imidazole rings is 1. The second-order valence-corrected chi connectivity index (χ2v) is 5.69. The number of rotatable bonds is 6. The molecule has 1 unspecified atom stereocenters. The predicted molar refractivity (Wildman–Crippen MR) is 78.5 cm³/mol. The van der Waals surface area contributed by atoms with Crippen LogP contribution >= 0.6 is 11.8 Å². The van der Waals surface area contributed by atoms with Crippen molar-refractivity contribution in [1.82, 2.24) is 14.9 Å². The fourth-order valence-electron chi connectivity index (χ4n) is 1.91. The lowest BCUT2D eigenvalue weighted by molar-refractivity contribution is -0.0327. The number of hydrogen-bond donors (Lipinski definition) is 1. The number of nitrogens with one attached hydrogen (secondary N) is 1. The summed E-state index contributed by atoms with van der Waals surface area (Å²) in [6.45, 7) is 2.25. The number of benzene rings is 1. The number of alkyl halides is 3. The molecular weight excluding hydrogens is 299 g/mol. The van der Waals surface area contributed by atoms with Gasteiger partial charge in [0.25, 0.3) is 0 Å². The molecule has 0 aliphatic rings. The minimum absolute atomic E-state index is 0.00132. The molecule has 0 saturated carbocycles. The van der Waals surface area contributed by atoms with E-state index in [0.717, 1.165) is 11.3 Å². The van der Waals surface area contributed by atoms with E-state index >= 15 is 0 Å². The Morgan fingerprint density at radius 2 is 2.00 bits per heavy atom. The predicted octanol–water partition coefficient (Wildman–Crippen LogP) is 3.78. The van der Waals surface area contributed by atoms with Crippen molar-refractivity contribution in [1.29, 1.82) is 0 Å². The number of nitrogens with zero attached hydrogens (tertiary/aromatic N) is 2. The molecule has 3 nitrogen and oxygen atoms in total. The van der Waals surface area contributed by atoms with Gasteiger partial charge in [0.05, 0.1) is 6.33 Å². The zero-order valence-corrected chi connectivity index (χ0v) is 12.3. The minimum atomic E-state index is -4.16. The molecule has 114 valence electrons. The molecule has 1 aromatic carbocycles. The summed E-state index contributed by atoms with van der Waals surface area (Å²) in [4.78, 5) is 3.98. The van der Waals surface area contributed by atoms with Gasteiger partial charge in [0.2, 0.25) is 0 Å². The lowest BCUT2D eigenvalue weighted by atomic mass is 10.1. The van der Waals surface area contributed by atoms with E-state index in [4.69, 9.17) is 0 Å². The van der Waals surface area contributed by atoms with Gasteiger partial charge in [0.1, 0.15) is 0 Å². The smallest absolute Gasteiger partial charge is 0.309 e. The Morgan fingerprint density at radius 1 is 1.29 bits per heavy atom. The van der Waals surface area contributed by atoms with E-state index in [0.29, 0.717) is 6.54 Å². The molecule has 0 radical (unpaired) electrons. The highest BCUT2D eigenvalue weighted by Crippen LogP contribution is 2.29. The van der Waals surface area contributed by atoms with Crippen LogP contribution in [0.15, 0.2) is 43.0 Å². The quantitative estimate of drug-likeness (QED) is 0.823. The van der Waals surface area contributed by atoms with Gasteiger partial charge < -0.3 is 9.88 Å². The third kappa shape index (κ3) is 5.09. The summed E-state index contributed by atoms with van der Waals surface area (Å²) in [7, 11) is 0. The fraction of sp³-hybridized carbons (Fsp3) is 0.357. The van der Waals surface area contributed by atoms with Gasteiger partial charge in [-0.05, 0) is 36.4 Å². The van der Waals surface area contributed by atoms with Crippen LogP contribution in [0.25, 0.3) is 5.69 Å². The maximum atomic E-state index is 12.0. The van der Waals surface area contributed by atoms with E-state index in [1.54, 1.807) is 12.5 Å². The molecule has 7 heteroatoms. The summed E-state index contributed by atoms with van der Waals surface area (Å²) in [5.74, 6) is 0.0148. The molecule has 0 aliphatic carbocycles. The second-order valence-electron chi connectivity index (χ2n) is 4.53. The Labute approximate surface area is 125 Å². The summed E-state index contributed by atoms with van der Waals surface area (Å²) in [6.07, 6.45) is 5.27. The molecule has 0 saturated heterocycles. The highest BCUT2D eigenvalue weighted by atomic mass is 32.2. The van der Waals surface area contributed by atoms with Gasteiger partial charge in [-0.2, -0.15) is 13.2 Å². The van der Waals surface area contributed by atoms with E-state index in [9.17, 15) is 13.2 Å². The molecule has 0 aliphatic heterocycles. The van der Waals surface area contributed by atoms with Crippen molar-refractivity contribution in [3.8, 4) is 5.69 Å². The van der Waals surface area contributed by atoms with E-state index in [1.807, 2.05) is 42.0 Å². The second kappa shape index (κ2) is 7.00. The molecule has 1 N–H and O–H groups in total. The maximum Gasteiger partial charge on any atom is 0.441 e. The SMILES string of the molecule is CC(NCCSC(F)(F)F)c1ccc(-n2ccnc2)cc1. The summed E-state index contributed by atoms with van der Waals surface area (Å²) in [5, 5.41) is 3.09. The Kier molecular flexibility index (Phi) is 5.30. The Morgan fingerprint density at radius 3 is 2.57 bits per heavy atom. The van der Waals surface area contributed by atoms with Crippen molar-refractivity contribution in [3.63, 3.8) is 0 Å². The van der Waals surface area contributed by atoms with E-state index < -0.39 is 5.51 Å². The molecule has 0 amide bonds. The third-order valence-corrected chi connectivity index (χ3v) is 3.75. The number of aromatic nitrogens is 2.